The van der Waals surface area contributed by atoms with Crippen molar-refractivity contribution in [2.45, 2.75) is 124 Å². The van der Waals surface area contributed by atoms with Gasteiger partial charge in [0.2, 0.25) is 0 Å². The molecule has 0 aromatic heterocycles. The summed E-state index contributed by atoms with van der Waals surface area (Å²) in [6.07, 6.45) is 16.7. The van der Waals surface area contributed by atoms with E-state index in [9.17, 15) is 14.3 Å². The van der Waals surface area contributed by atoms with Crippen molar-refractivity contribution in [2.24, 2.45) is 46.3 Å². The summed E-state index contributed by atoms with van der Waals surface area (Å²) in [5, 5.41) is 0. The van der Waals surface area contributed by atoms with Crippen LogP contribution in [-0.4, -0.2) is 62.4 Å². The molecule has 0 radical (unpaired) electrons. The second kappa shape index (κ2) is 14.6. The third-order valence-corrected chi connectivity index (χ3v) is 13.4. The van der Waals surface area contributed by atoms with Gasteiger partial charge in [-0.15, -0.1) is 0 Å². The number of phosphoric ester groups is 1. The second-order valence-corrected chi connectivity index (χ2v) is 18.4. The summed E-state index contributed by atoms with van der Waals surface area (Å²) >= 11 is 0. The maximum absolute atomic E-state index is 12.7. The zero-order valence-electron chi connectivity index (χ0n) is 29.3. The molecule has 0 saturated heterocycles. The lowest BCUT2D eigenvalue weighted by atomic mass is 9.47. The quantitative estimate of drug-likeness (QED) is 0.0636. The lowest BCUT2D eigenvalue weighted by molar-refractivity contribution is -0.870. The molecule has 0 aliphatic heterocycles. The number of hydrogen-bond donors (Lipinski definition) is 1. The summed E-state index contributed by atoms with van der Waals surface area (Å²) in [6, 6.07) is 0. The number of hydrogen-bond acceptors (Lipinski definition) is 5. The Bertz CT molecular complexity index is 1050. The average molecular weight is 639 g/mol. The van der Waals surface area contributed by atoms with Crippen molar-refractivity contribution in [2.75, 3.05) is 40.9 Å². The summed E-state index contributed by atoms with van der Waals surface area (Å²) in [5.74, 6) is 4.68. The van der Waals surface area contributed by atoms with E-state index in [0.29, 0.717) is 22.9 Å². The van der Waals surface area contributed by atoms with Gasteiger partial charge in [0.25, 0.3) is 0 Å². The van der Waals surface area contributed by atoms with Gasteiger partial charge in [0, 0.05) is 12.8 Å². The van der Waals surface area contributed by atoms with Crippen molar-refractivity contribution in [1.82, 2.24) is 0 Å². The molecule has 0 heterocycles. The van der Waals surface area contributed by atoms with E-state index in [4.69, 9.17) is 13.8 Å². The van der Waals surface area contributed by atoms with Gasteiger partial charge in [0.15, 0.2) is 0 Å². The Hall–Kier alpha value is -0.720. The fourth-order valence-corrected chi connectivity index (χ4v) is 10.6. The van der Waals surface area contributed by atoms with Gasteiger partial charge in [0.05, 0.1) is 27.7 Å². The normalized spacial score (nSPS) is 35.7. The fraction of sp³-hybridized carbons (Fsp3) is 0.917. The van der Waals surface area contributed by atoms with Gasteiger partial charge in [-0.1, -0.05) is 65.5 Å². The van der Waals surface area contributed by atoms with E-state index in [-0.39, 0.29) is 37.1 Å². The molecule has 2 unspecified atom stereocenters. The Morgan fingerprint density at radius 3 is 2.43 bits per heavy atom. The van der Waals surface area contributed by atoms with E-state index in [1.165, 1.54) is 56.9 Å². The standard InChI is InChI=1S/C36H64NO6P/c1-26(2)11-9-12-27(3)31-16-17-32-30-15-14-28-25-29(18-20-35(28,4)33(30)19-21-36(31,32)5)43-34(38)13-10-23-41-44(39,40)42-24-22-37(6,7)8/h14,26-27,29-33H,9-13,15-25H2,1-8H3/p+1/t27-,29?,30+,31-,32+,33+,35+,36-/m1/s1. The van der Waals surface area contributed by atoms with Crippen molar-refractivity contribution in [3.63, 3.8) is 0 Å². The van der Waals surface area contributed by atoms with E-state index in [1.54, 1.807) is 0 Å². The Kier molecular flexibility index (Phi) is 12.0. The van der Waals surface area contributed by atoms with Crippen LogP contribution < -0.4 is 0 Å². The molecule has 0 amide bonds. The van der Waals surface area contributed by atoms with Crippen LogP contribution in [0.2, 0.25) is 0 Å². The third-order valence-electron chi connectivity index (χ3n) is 12.4. The average Bonchev–Trinajstić information content (AvgIpc) is 3.27. The molecule has 0 aromatic rings. The van der Waals surface area contributed by atoms with E-state index < -0.39 is 7.82 Å². The molecular weight excluding hydrogens is 573 g/mol. The fourth-order valence-electron chi connectivity index (χ4n) is 9.86. The molecule has 3 saturated carbocycles. The number of nitrogens with zero attached hydrogens (tertiary/aromatic N) is 1. The summed E-state index contributed by atoms with van der Waals surface area (Å²) in [5.41, 5.74) is 2.26. The molecule has 9 atom stereocenters. The number of fused-ring (bicyclic) bond motifs is 5. The summed E-state index contributed by atoms with van der Waals surface area (Å²) in [6.45, 7) is 13.1. The molecule has 3 fully saturated rings. The summed E-state index contributed by atoms with van der Waals surface area (Å²) in [7, 11) is 1.85. The van der Waals surface area contributed by atoms with Crippen LogP contribution in [-0.2, 0) is 23.1 Å². The highest BCUT2D eigenvalue weighted by atomic mass is 31.2. The van der Waals surface area contributed by atoms with E-state index in [1.807, 2.05) is 21.1 Å². The number of esters is 1. The van der Waals surface area contributed by atoms with Gasteiger partial charge < -0.3 is 14.1 Å². The molecule has 4 aliphatic carbocycles. The molecule has 8 heteroatoms. The highest BCUT2D eigenvalue weighted by Crippen LogP contribution is 2.67. The maximum atomic E-state index is 12.7. The molecule has 0 spiro atoms. The Morgan fingerprint density at radius 2 is 1.73 bits per heavy atom. The molecule has 44 heavy (non-hydrogen) atoms. The zero-order valence-corrected chi connectivity index (χ0v) is 30.2. The predicted octanol–water partition coefficient (Wildman–Crippen LogP) is 8.56. The van der Waals surface area contributed by atoms with Gasteiger partial charge in [-0.2, -0.15) is 0 Å². The molecule has 254 valence electrons. The topological polar surface area (TPSA) is 82.1 Å². The lowest BCUT2D eigenvalue weighted by Crippen LogP contribution is -2.51. The van der Waals surface area contributed by atoms with Gasteiger partial charge in [-0.05, 0) is 97.7 Å². The molecule has 4 aliphatic rings. The van der Waals surface area contributed by atoms with Crippen molar-refractivity contribution >= 4 is 13.8 Å². The Morgan fingerprint density at radius 1 is 1.00 bits per heavy atom. The van der Waals surface area contributed by atoms with Crippen molar-refractivity contribution in [3.05, 3.63) is 11.6 Å². The number of carbonyl (C=O) groups is 1. The third kappa shape index (κ3) is 8.79. The van der Waals surface area contributed by atoms with Crippen LogP contribution in [0, 0.1) is 46.3 Å². The van der Waals surface area contributed by atoms with Crippen LogP contribution in [0.5, 0.6) is 0 Å². The minimum Gasteiger partial charge on any atom is -0.462 e. The minimum absolute atomic E-state index is 0.0120. The first-order valence-electron chi connectivity index (χ1n) is 17.9. The van der Waals surface area contributed by atoms with Crippen LogP contribution in [0.25, 0.3) is 0 Å². The Balaban J connectivity index is 1.24. The molecule has 0 bridgehead atoms. The first-order chi connectivity index (χ1) is 20.5. The molecule has 0 aromatic carbocycles. The summed E-state index contributed by atoms with van der Waals surface area (Å²) in [4.78, 5) is 22.6. The van der Waals surface area contributed by atoms with Gasteiger partial charge in [0.1, 0.15) is 19.3 Å². The van der Waals surface area contributed by atoms with Crippen molar-refractivity contribution in [3.8, 4) is 0 Å². The number of carbonyl (C=O) groups excluding carboxylic acids is 1. The van der Waals surface area contributed by atoms with Gasteiger partial charge in [-0.25, -0.2) is 4.57 Å². The number of allylic oxidation sites excluding steroid dienone is 1. The number of likely N-dealkylation sites (N-methyl/N-ethyl adjacent to an activating group) is 1. The monoisotopic (exact) mass is 638 g/mol. The smallest absolute Gasteiger partial charge is 0.462 e. The molecule has 4 rings (SSSR count). The number of ether oxygens (including phenoxy) is 1. The maximum Gasteiger partial charge on any atom is 0.472 e. The largest absolute Gasteiger partial charge is 0.472 e. The molecule has 7 nitrogen and oxygen atoms in total. The number of quaternary nitrogens is 1. The number of rotatable bonds is 15. The molecule has 1 N–H and O–H groups in total. The number of phosphoric acid groups is 1. The van der Waals surface area contributed by atoms with E-state index in [0.717, 1.165) is 54.8 Å². The SMILES string of the molecule is CC(C)CCC[C@@H](C)[C@H]1CC[C@H]2[C@@H]3CC=C4CC(OC(=O)CCCOP(=O)(O)OCC[N+](C)(C)C)CC[C@]4(C)[C@H]3CC[C@]12C. The predicted molar refractivity (Wildman–Crippen MR) is 177 cm³/mol. The van der Waals surface area contributed by atoms with Gasteiger partial charge in [-0.3, -0.25) is 13.8 Å². The van der Waals surface area contributed by atoms with Crippen LogP contribution in [0.15, 0.2) is 11.6 Å². The lowest BCUT2D eigenvalue weighted by Gasteiger charge is -2.58. The van der Waals surface area contributed by atoms with Gasteiger partial charge >= 0.3 is 13.8 Å². The van der Waals surface area contributed by atoms with Crippen LogP contribution >= 0.6 is 7.82 Å². The van der Waals surface area contributed by atoms with Crippen LogP contribution in [0.4, 0.5) is 0 Å². The first kappa shape index (κ1) is 36.1. The summed E-state index contributed by atoms with van der Waals surface area (Å²) < 4.78 is 28.8. The van der Waals surface area contributed by atoms with Crippen LogP contribution in [0.1, 0.15) is 118 Å². The Labute approximate surface area is 269 Å². The highest BCUT2D eigenvalue weighted by molar-refractivity contribution is 7.47. The van der Waals surface area contributed by atoms with Crippen molar-refractivity contribution < 1.29 is 32.5 Å². The first-order valence-corrected chi connectivity index (χ1v) is 19.3. The second-order valence-electron chi connectivity index (χ2n) is 16.9. The zero-order chi connectivity index (χ0) is 32.3. The van der Waals surface area contributed by atoms with E-state index >= 15 is 0 Å². The van der Waals surface area contributed by atoms with Crippen LogP contribution in [0.3, 0.4) is 0 Å². The molecular formula is C36H65NO6P+. The highest BCUT2D eigenvalue weighted by Gasteiger charge is 2.59. The van der Waals surface area contributed by atoms with E-state index in [2.05, 4.69) is 40.7 Å². The minimum atomic E-state index is -4.11. The van der Waals surface area contributed by atoms with Crippen molar-refractivity contribution in [1.29, 1.82) is 0 Å².